The summed E-state index contributed by atoms with van der Waals surface area (Å²) in [5, 5.41) is 0. The number of rotatable bonds is 9. The van der Waals surface area contributed by atoms with Crippen LogP contribution in [0.5, 0.6) is 0 Å². The first-order valence-electron chi connectivity index (χ1n) is 16.3. The Hall–Kier alpha value is -4.83. The third-order valence-electron chi connectivity index (χ3n) is 9.57. The van der Waals surface area contributed by atoms with Crippen molar-refractivity contribution in [2.45, 2.75) is 64.8 Å². The van der Waals surface area contributed by atoms with Crippen LogP contribution in [-0.2, 0) is 0 Å². The van der Waals surface area contributed by atoms with Gasteiger partial charge in [0.25, 0.3) is 0 Å². The average Bonchev–Trinajstić information content (AvgIpc) is 3.68. The van der Waals surface area contributed by atoms with Crippen molar-refractivity contribution in [1.82, 2.24) is 14.0 Å². The van der Waals surface area contributed by atoms with Gasteiger partial charge in [0.15, 0.2) is 0 Å². The number of anilines is 1. The molecule has 0 spiro atoms. The molecule has 0 N–H and O–H groups in total. The second-order valence-electron chi connectivity index (χ2n) is 12.7. The van der Waals surface area contributed by atoms with E-state index in [-0.39, 0.29) is 0 Å². The van der Waals surface area contributed by atoms with Crippen molar-refractivity contribution >= 4 is 33.5 Å². The third-order valence-corrected chi connectivity index (χ3v) is 9.57. The number of fused-ring (bicyclic) bond motifs is 6. The lowest BCUT2D eigenvalue weighted by Gasteiger charge is -2.33. The van der Waals surface area contributed by atoms with Crippen LogP contribution in [0.4, 0.5) is 5.69 Å². The van der Waals surface area contributed by atoms with E-state index in [2.05, 4.69) is 163 Å². The lowest BCUT2D eigenvalue weighted by molar-refractivity contribution is 0.492. The van der Waals surface area contributed by atoms with Crippen molar-refractivity contribution in [2.24, 2.45) is 0 Å². The van der Waals surface area contributed by atoms with Crippen molar-refractivity contribution < 1.29 is 0 Å². The number of nitrogens with zero attached hydrogens (tertiary/aromatic N) is 4. The maximum atomic E-state index is 5.24. The van der Waals surface area contributed by atoms with Gasteiger partial charge in [-0.1, -0.05) is 92.7 Å². The number of para-hydroxylation sites is 4. The highest BCUT2D eigenvalue weighted by molar-refractivity contribution is 5.92. The minimum absolute atomic E-state index is 0.400. The van der Waals surface area contributed by atoms with Crippen molar-refractivity contribution in [3.63, 3.8) is 0 Å². The Morgan fingerprint density at radius 1 is 0.911 bits per heavy atom. The third kappa shape index (κ3) is 5.08. The van der Waals surface area contributed by atoms with Crippen LogP contribution in [-0.4, -0.2) is 20.0 Å². The second kappa shape index (κ2) is 11.9. The number of hydrogen-bond donors (Lipinski definition) is 0. The predicted octanol–water partition coefficient (Wildman–Crippen LogP) is 10.7. The summed E-state index contributed by atoms with van der Waals surface area (Å²) in [5.74, 6) is 1.81. The van der Waals surface area contributed by atoms with Crippen LogP contribution in [0.1, 0.15) is 69.9 Å². The van der Waals surface area contributed by atoms with E-state index < -0.39 is 0 Å². The molecule has 45 heavy (non-hydrogen) atoms. The molecule has 4 aromatic carbocycles. The molecule has 3 atom stereocenters. The van der Waals surface area contributed by atoms with Gasteiger partial charge in [-0.3, -0.25) is 8.97 Å². The Labute approximate surface area is 266 Å². The Balaban J connectivity index is 1.21. The fourth-order valence-corrected chi connectivity index (χ4v) is 7.34. The zero-order chi connectivity index (χ0) is 31.1. The molecule has 0 saturated carbocycles. The van der Waals surface area contributed by atoms with E-state index in [9.17, 15) is 0 Å². The van der Waals surface area contributed by atoms with Crippen LogP contribution in [0, 0.1) is 0 Å². The van der Waals surface area contributed by atoms with Gasteiger partial charge >= 0.3 is 0 Å². The summed E-state index contributed by atoms with van der Waals surface area (Å²) in [5.41, 5.74) is 12.3. The van der Waals surface area contributed by atoms with Crippen molar-refractivity contribution in [3.8, 4) is 5.69 Å². The van der Waals surface area contributed by atoms with Crippen LogP contribution in [0.25, 0.3) is 33.5 Å². The molecule has 1 aliphatic heterocycles. The van der Waals surface area contributed by atoms with Crippen molar-refractivity contribution in [1.29, 1.82) is 0 Å². The Morgan fingerprint density at radius 3 is 2.42 bits per heavy atom. The van der Waals surface area contributed by atoms with Crippen molar-refractivity contribution in [2.75, 3.05) is 4.90 Å². The molecule has 0 amide bonds. The molecular weight excluding hydrogens is 548 g/mol. The fourth-order valence-electron chi connectivity index (χ4n) is 7.34. The molecule has 3 heterocycles. The highest BCUT2D eigenvalue weighted by Gasteiger charge is 2.37. The number of aromatic nitrogens is 3. The van der Waals surface area contributed by atoms with Gasteiger partial charge in [-0.15, -0.1) is 0 Å². The smallest absolute Gasteiger partial charge is 0.220 e. The van der Waals surface area contributed by atoms with E-state index in [0.29, 0.717) is 17.9 Å². The molecule has 4 nitrogen and oxygen atoms in total. The molecule has 0 bridgehead atoms. The maximum absolute atomic E-state index is 5.24. The SMILES string of the molecule is C=C(C)CC(=CC=CC)N1c2ccccc2C(C)C1CCC(C)c1ccc2c(c1)nc1n(-c3ccccc3)c3ccccc3n21. The zero-order valence-electron chi connectivity index (χ0n) is 26.8. The molecule has 4 heteroatoms. The van der Waals surface area contributed by atoms with E-state index in [0.717, 1.165) is 47.3 Å². The molecule has 2 aromatic heterocycles. The highest BCUT2D eigenvalue weighted by Crippen LogP contribution is 2.46. The lowest BCUT2D eigenvalue weighted by Crippen LogP contribution is -2.33. The summed E-state index contributed by atoms with van der Waals surface area (Å²) in [4.78, 5) is 7.85. The highest BCUT2D eigenvalue weighted by atomic mass is 15.2. The quantitative estimate of drug-likeness (QED) is 0.124. The van der Waals surface area contributed by atoms with Crippen LogP contribution in [0.3, 0.4) is 0 Å². The molecule has 0 saturated heterocycles. The summed E-state index contributed by atoms with van der Waals surface area (Å²) < 4.78 is 4.58. The zero-order valence-corrected chi connectivity index (χ0v) is 26.8. The molecule has 7 rings (SSSR count). The van der Waals surface area contributed by atoms with Gasteiger partial charge in [0.05, 0.1) is 22.1 Å². The monoisotopic (exact) mass is 590 g/mol. The van der Waals surface area contributed by atoms with Crippen LogP contribution < -0.4 is 4.90 Å². The summed E-state index contributed by atoms with van der Waals surface area (Å²) in [6.45, 7) is 13.2. The van der Waals surface area contributed by atoms with Gasteiger partial charge in [-0.25, -0.2) is 4.98 Å². The molecule has 6 aromatic rings. The van der Waals surface area contributed by atoms with Crippen LogP contribution in [0.2, 0.25) is 0 Å². The first-order chi connectivity index (χ1) is 22.0. The largest absolute Gasteiger partial charge is 0.341 e. The molecule has 0 radical (unpaired) electrons. The number of allylic oxidation sites excluding steroid dienone is 4. The summed E-state index contributed by atoms with van der Waals surface area (Å²) >= 11 is 0. The number of imidazole rings is 2. The minimum atomic E-state index is 0.400. The molecule has 226 valence electrons. The number of benzene rings is 4. The molecule has 0 aliphatic carbocycles. The van der Waals surface area contributed by atoms with E-state index in [1.165, 1.54) is 33.6 Å². The van der Waals surface area contributed by atoms with Crippen molar-refractivity contribution in [3.05, 3.63) is 144 Å². The molecule has 3 unspecified atom stereocenters. The first kappa shape index (κ1) is 28.9. The molecule has 0 fully saturated rings. The van der Waals surface area contributed by atoms with Gasteiger partial charge in [-0.05, 0) is 92.3 Å². The topological polar surface area (TPSA) is 25.5 Å². The van der Waals surface area contributed by atoms with Gasteiger partial charge in [0.2, 0.25) is 5.78 Å². The summed E-state index contributed by atoms with van der Waals surface area (Å²) in [6, 6.07) is 35.4. The van der Waals surface area contributed by atoms with Gasteiger partial charge < -0.3 is 4.90 Å². The molecule has 1 aliphatic rings. The van der Waals surface area contributed by atoms with E-state index >= 15 is 0 Å². The second-order valence-corrected chi connectivity index (χ2v) is 12.7. The first-order valence-corrected chi connectivity index (χ1v) is 16.3. The Kier molecular flexibility index (Phi) is 7.66. The van der Waals surface area contributed by atoms with Gasteiger partial charge in [0, 0.05) is 35.5 Å². The van der Waals surface area contributed by atoms with Crippen LogP contribution >= 0.6 is 0 Å². The Morgan fingerprint density at radius 2 is 1.64 bits per heavy atom. The predicted molar refractivity (Wildman–Crippen MR) is 191 cm³/mol. The number of hydrogen-bond acceptors (Lipinski definition) is 2. The average molecular weight is 591 g/mol. The fraction of sp³-hybridized carbons (Fsp3) is 0.244. The van der Waals surface area contributed by atoms with E-state index in [1.807, 2.05) is 0 Å². The van der Waals surface area contributed by atoms with Gasteiger partial charge in [-0.2, -0.15) is 0 Å². The maximum Gasteiger partial charge on any atom is 0.220 e. The standard InChI is InChI=1S/C41H42N4/c1-6-7-15-33(26-28(2)3)43-36(30(5)34-18-11-12-19-37(34)43)24-22-29(4)31-23-25-38-35(27-31)42-41-44(32-16-9-8-10-17-32)39-20-13-14-21-40(39)45(38)41/h6-21,23,25,27,29-30,36H,2,22,24,26H2,1,3-5H3. The summed E-state index contributed by atoms with van der Waals surface area (Å²) in [6.07, 6.45) is 9.64. The van der Waals surface area contributed by atoms with E-state index in [1.54, 1.807) is 0 Å². The van der Waals surface area contributed by atoms with Gasteiger partial charge in [0.1, 0.15) is 0 Å². The summed E-state index contributed by atoms with van der Waals surface area (Å²) in [7, 11) is 0. The lowest BCUT2D eigenvalue weighted by atomic mass is 9.88. The normalized spacial score (nSPS) is 17.6. The van der Waals surface area contributed by atoms with Crippen LogP contribution in [0.15, 0.2) is 133 Å². The van der Waals surface area contributed by atoms with E-state index in [4.69, 9.17) is 4.98 Å². The molecular formula is C41H42N4. The Bertz CT molecular complexity index is 2070. The minimum Gasteiger partial charge on any atom is -0.341 e.